The molecule has 21 heavy (non-hydrogen) atoms. The van der Waals surface area contributed by atoms with Gasteiger partial charge in [-0.3, -0.25) is 9.59 Å². The number of nitrogens with zero attached hydrogens (tertiary/aromatic N) is 1. The minimum absolute atomic E-state index is 0.194. The van der Waals surface area contributed by atoms with E-state index in [2.05, 4.69) is 4.98 Å². The molecule has 0 saturated heterocycles. The molecular formula is C16H19N3O2. The monoisotopic (exact) mass is 285 g/mol. The van der Waals surface area contributed by atoms with E-state index in [1.165, 1.54) is 12.3 Å². The van der Waals surface area contributed by atoms with Crippen molar-refractivity contribution in [2.24, 2.45) is 5.73 Å². The molecule has 5 heteroatoms. The van der Waals surface area contributed by atoms with Gasteiger partial charge in [0.15, 0.2) is 0 Å². The standard InChI is InChI=1S/C16H19N3O2/c1-12-4-2-5-14(10-12)19(9-3-7-17)16(21)13-6-8-18-15(20)11-13/h2,4-6,8,10-11H,3,7,9,17H2,1H3,(H,18,20). The fourth-order valence-electron chi connectivity index (χ4n) is 2.13. The number of nitrogens with one attached hydrogen (secondary N) is 1. The van der Waals surface area contributed by atoms with E-state index < -0.39 is 0 Å². The lowest BCUT2D eigenvalue weighted by atomic mass is 10.1. The van der Waals surface area contributed by atoms with Crippen molar-refractivity contribution in [3.63, 3.8) is 0 Å². The Balaban J connectivity index is 2.35. The van der Waals surface area contributed by atoms with E-state index in [4.69, 9.17) is 5.73 Å². The quantitative estimate of drug-likeness (QED) is 0.877. The van der Waals surface area contributed by atoms with Crippen LogP contribution in [0.5, 0.6) is 0 Å². The van der Waals surface area contributed by atoms with Crippen molar-refractivity contribution in [3.8, 4) is 0 Å². The molecule has 2 rings (SSSR count). The van der Waals surface area contributed by atoms with Gasteiger partial charge in [-0.25, -0.2) is 0 Å². The number of aromatic amines is 1. The molecule has 1 amide bonds. The lowest BCUT2D eigenvalue weighted by Crippen LogP contribution is -2.33. The lowest BCUT2D eigenvalue weighted by molar-refractivity contribution is 0.0986. The first kappa shape index (κ1) is 15.0. The molecule has 1 aromatic heterocycles. The zero-order valence-electron chi connectivity index (χ0n) is 12.0. The van der Waals surface area contributed by atoms with Crippen LogP contribution < -0.4 is 16.2 Å². The molecule has 3 N–H and O–H groups in total. The molecule has 0 aliphatic rings. The second kappa shape index (κ2) is 6.85. The Kier molecular flexibility index (Phi) is 4.90. The Hall–Kier alpha value is -2.40. The number of benzene rings is 1. The van der Waals surface area contributed by atoms with Crippen molar-refractivity contribution in [1.82, 2.24) is 4.98 Å². The van der Waals surface area contributed by atoms with E-state index in [1.54, 1.807) is 11.0 Å². The summed E-state index contributed by atoms with van der Waals surface area (Å²) in [6, 6.07) is 10.6. The van der Waals surface area contributed by atoms with Crippen molar-refractivity contribution >= 4 is 11.6 Å². The maximum Gasteiger partial charge on any atom is 0.258 e. The molecule has 0 radical (unpaired) electrons. The Morgan fingerprint density at radius 2 is 2.10 bits per heavy atom. The van der Waals surface area contributed by atoms with Gasteiger partial charge in [0.25, 0.3) is 5.91 Å². The Bertz CT molecular complexity index is 679. The first-order valence-electron chi connectivity index (χ1n) is 6.89. The van der Waals surface area contributed by atoms with Crippen molar-refractivity contribution in [2.45, 2.75) is 13.3 Å². The van der Waals surface area contributed by atoms with E-state index in [0.717, 1.165) is 11.3 Å². The van der Waals surface area contributed by atoms with E-state index in [1.807, 2.05) is 31.2 Å². The van der Waals surface area contributed by atoms with Crippen LogP contribution in [0.2, 0.25) is 0 Å². The fourth-order valence-corrected chi connectivity index (χ4v) is 2.13. The molecule has 110 valence electrons. The molecule has 5 nitrogen and oxygen atoms in total. The van der Waals surface area contributed by atoms with E-state index >= 15 is 0 Å². The van der Waals surface area contributed by atoms with Crippen LogP contribution >= 0.6 is 0 Å². The van der Waals surface area contributed by atoms with E-state index in [0.29, 0.717) is 25.1 Å². The van der Waals surface area contributed by atoms with Gasteiger partial charge >= 0.3 is 0 Å². The number of H-pyrrole nitrogens is 1. The number of aromatic nitrogens is 1. The van der Waals surface area contributed by atoms with Gasteiger partial charge in [-0.1, -0.05) is 12.1 Å². The Morgan fingerprint density at radius 3 is 2.76 bits per heavy atom. The average Bonchev–Trinajstić information content (AvgIpc) is 2.47. The van der Waals surface area contributed by atoms with Crippen LogP contribution in [0.1, 0.15) is 22.3 Å². The van der Waals surface area contributed by atoms with Crippen LogP contribution in [0, 0.1) is 6.92 Å². The van der Waals surface area contributed by atoms with Gasteiger partial charge in [0.1, 0.15) is 0 Å². The van der Waals surface area contributed by atoms with Crippen LogP contribution in [0.4, 0.5) is 5.69 Å². The van der Waals surface area contributed by atoms with Crippen LogP contribution in [0.15, 0.2) is 47.4 Å². The molecule has 0 saturated carbocycles. The van der Waals surface area contributed by atoms with Gasteiger partial charge in [0, 0.05) is 30.1 Å². The Labute approximate surface area is 123 Å². The highest BCUT2D eigenvalue weighted by atomic mass is 16.2. The molecule has 0 atom stereocenters. The summed E-state index contributed by atoms with van der Waals surface area (Å²) in [5.41, 5.74) is 7.53. The van der Waals surface area contributed by atoms with Gasteiger partial charge in [0.05, 0.1) is 0 Å². The first-order valence-corrected chi connectivity index (χ1v) is 6.89. The molecular weight excluding hydrogens is 266 g/mol. The molecule has 0 fully saturated rings. The second-order valence-electron chi connectivity index (χ2n) is 4.88. The highest BCUT2D eigenvalue weighted by molar-refractivity contribution is 6.06. The van der Waals surface area contributed by atoms with Gasteiger partial charge in [-0.2, -0.15) is 0 Å². The van der Waals surface area contributed by atoms with Crippen LogP contribution in [0.25, 0.3) is 0 Å². The summed E-state index contributed by atoms with van der Waals surface area (Å²) in [6.45, 7) is 3.00. The van der Waals surface area contributed by atoms with Crippen molar-refractivity contribution < 1.29 is 4.79 Å². The predicted molar refractivity (Wildman–Crippen MR) is 83.6 cm³/mol. The minimum atomic E-state index is -0.288. The van der Waals surface area contributed by atoms with E-state index in [9.17, 15) is 9.59 Å². The summed E-state index contributed by atoms with van der Waals surface area (Å²) >= 11 is 0. The summed E-state index contributed by atoms with van der Waals surface area (Å²) in [5, 5.41) is 0. The molecule has 0 aliphatic heterocycles. The molecule has 0 spiro atoms. The van der Waals surface area contributed by atoms with Crippen molar-refractivity contribution in [3.05, 3.63) is 64.1 Å². The summed E-state index contributed by atoms with van der Waals surface area (Å²) in [7, 11) is 0. The summed E-state index contributed by atoms with van der Waals surface area (Å²) in [4.78, 5) is 28.2. The van der Waals surface area contributed by atoms with Crippen molar-refractivity contribution in [2.75, 3.05) is 18.0 Å². The largest absolute Gasteiger partial charge is 0.330 e. The summed E-state index contributed by atoms with van der Waals surface area (Å²) in [6.07, 6.45) is 2.18. The molecule has 2 aromatic rings. The molecule has 0 bridgehead atoms. The maximum atomic E-state index is 12.6. The average molecular weight is 285 g/mol. The number of aryl methyl sites for hydroxylation is 1. The number of anilines is 1. The third-order valence-electron chi connectivity index (χ3n) is 3.17. The SMILES string of the molecule is Cc1cccc(N(CCCN)C(=O)c2cc[nH]c(=O)c2)c1. The second-order valence-corrected chi connectivity index (χ2v) is 4.88. The third kappa shape index (κ3) is 3.79. The fraction of sp³-hybridized carbons (Fsp3) is 0.250. The molecule has 1 aromatic carbocycles. The number of rotatable bonds is 5. The Morgan fingerprint density at radius 1 is 1.29 bits per heavy atom. The number of carbonyl (C=O) groups excluding carboxylic acids is 1. The zero-order chi connectivity index (χ0) is 15.2. The predicted octanol–water partition coefficient (Wildman–Crippen LogP) is 1.68. The summed E-state index contributed by atoms with van der Waals surface area (Å²) in [5.74, 6) is -0.194. The smallest absolute Gasteiger partial charge is 0.258 e. The number of carbonyl (C=O) groups is 1. The van der Waals surface area contributed by atoms with Gasteiger partial charge in [-0.15, -0.1) is 0 Å². The molecule has 0 aliphatic carbocycles. The third-order valence-corrected chi connectivity index (χ3v) is 3.17. The van der Waals surface area contributed by atoms with Crippen molar-refractivity contribution in [1.29, 1.82) is 0 Å². The molecule has 0 unspecified atom stereocenters. The number of hydrogen-bond acceptors (Lipinski definition) is 3. The first-order chi connectivity index (χ1) is 10.1. The van der Waals surface area contributed by atoms with Gasteiger partial charge < -0.3 is 15.6 Å². The minimum Gasteiger partial charge on any atom is -0.330 e. The van der Waals surface area contributed by atoms with Crippen LogP contribution in [-0.2, 0) is 0 Å². The number of pyridine rings is 1. The topological polar surface area (TPSA) is 79.2 Å². The van der Waals surface area contributed by atoms with Crippen LogP contribution in [-0.4, -0.2) is 24.0 Å². The summed E-state index contributed by atoms with van der Waals surface area (Å²) < 4.78 is 0. The van der Waals surface area contributed by atoms with Gasteiger partial charge in [-0.05, 0) is 43.7 Å². The number of amides is 1. The number of nitrogens with two attached hydrogens (primary N) is 1. The van der Waals surface area contributed by atoms with Crippen LogP contribution in [0.3, 0.4) is 0 Å². The molecule has 1 heterocycles. The number of hydrogen-bond donors (Lipinski definition) is 2. The highest BCUT2D eigenvalue weighted by Crippen LogP contribution is 2.18. The lowest BCUT2D eigenvalue weighted by Gasteiger charge is -2.23. The van der Waals surface area contributed by atoms with E-state index in [-0.39, 0.29) is 11.5 Å². The normalized spacial score (nSPS) is 10.4. The maximum absolute atomic E-state index is 12.6. The van der Waals surface area contributed by atoms with Gasteiger partial charge in [0.2, 0.25) is 5.56 Å². The zero-order valence-corrected chi connectivity index (χ0v) is 12.0. The highest BCUT2D eigenvalue weighted by Gasteiger charge is 2.17.